The van der Waals surface area contributed by atoms with Crippen LogP contribution in [0.4, 0.5) is 13.2 Å². The number of hydrogen-bond donors (Lipinski definition) is 1. The highest BCUT2D eigenvalue weighted by atomic mass is 19.4. The van der Waals surface area contributed by atoms with Crippen LogP contribution in [0, 0.1) is 17.2 Å². The SMILES string of the molecule is CCCC1C(C(=O)N2CCC(C#N)(c3ccccc3CCC(=O)O)CC2)CCCN1C(=O)c1cnccc1C(F)(F)F. The molecule has 11 heteroatoms. The number of carbonyl (C=O) groups excluding carboxylic acids is 2. The van der Waals surface area contributed by atoms with E-state index in [0.717, 1.165) is 29.6 Å². The van der Waals surface area contributed by atoms with Crippen molar-refractivity contribution in [1.82, 2.24) is 14.8 Å². The maximum atomic E-state index is 13.9. The number of nitriles is 1. The van der Waals surface area contributed by atoms with Gasteiger partial charge in [-0.1, -0.05) is 37.6 Å². The van der Waals surface area contributed by atoms with Crippen LogP contribution in [0.25, 0.3) is 0 Å². The molecule has 42 heavy (non-hydrogen) atoms. The van der Waals surface area contributed by atoms with Gasteiger partial charge in [0.1, 0.15) is 0 Å². The molecule has 1 N–H and O–H groups in total. The Kier molecular flexibility index (Phi) is 9.54. The summed E-state index contributed by atoms with van der Waals surface area (Å²) in [5.41, 5.74) is -0.830. The van der Waals surface area contributed by atoms with Crippen molar-refractivity contribution in [1.29, 1.82) is 5.26 Å². The number of aryl methyl sites for hydroxylation is 1. The predicted octanol–water partition coefficient (Wildman–Crippen LogP) is 5.22. The highest BCUT2D eigenvalue weighted by Gasteiger charge is 2.45. The van der Waals surface area contributed by atoms with Gasteiger partial charge < -0.3 is 14.9 Å². The number of piperidine rings is 2. The third-order valence-electron chi connectivity index (χ3n) is 8.58. The molecule has 0 saturated carbocycles. The normalized spacial score (nSPS) is 20.5. The second kappa shape index (κ2) is 12.9. The minimum Gasteiger partial charge on any atom is -0.481 e. The van der Waals surface area contributed by atoms with E-state index in [1.54, 1.807) is 4.90 Å². The van der Waals surface area contributed by atoms with E-state index >= 15 is 0 Å². The molecule has 2 aliphatic rings. The van der Waals surface area contributed by atoms with Gasteiger partial charge in [0.25, 0.3) is 5.91 Å². The van der Waals surface area contributed by atoms with Gasteiger partial charge in [0.15, 0.2) is 0 Å². The highest BCUT2D eigenvalue weighted by molar-refractivity contribution is 5.96. The van der Waals surface area contributed by atoms with Crippen LogP contribution in [0.2, 0.25) is 0 Å². The summed E-state index contributed by atoms with van der Waals surface area (Å²) >= 11 is 0. The van der Waals surface area contributed by atoms with Gasteiger partial charge in [0.2, 0.25) is 5.91 Å². The van der Waals surface area contributed by atoms with Gasteiger partial charge in [-0.25, -0.2) is 0 Å². The van der Waals surface area contributed by atoms with Crippen LogP contribution in [0.5, 0.6) is 0 Å². The summed E-state index contributed by atoms with van der Waals surface area (Å²) in [5, 5.41) is 19.4. The molecule has 3 heterocycles. The second-order valence-corrected chi connectivity index (χ2v) is 11.1. The zero-order valence-electron chi connectivity index (χ0n) is 23.6. The molecule has 2 atom stereocenters. The smallest absolute Gasteiger partial charge is 0.417 e. The molecule has 0 bridgehead atoms. The lowest BCUT2D eigenvalue weighted by molar-refractivity contribution is -0.141. The van der Waals surface area contributed by atoms with Crippen LogP contribution in [-0.2, 0) is 27.6 Å². The van der Waals surface area contributed by atoms with Crippen molar-refractivity contribution < 1.29 is 32.7 Å². The number of carboxylic acids is 1. The maximum absolute atomic E-state index is 13.9. The van der Waals surface area contributed by atoms with Gasteiger partial charge in [-0.2, -0.15) is 18.4 Å². The first kappa shape index (κ1) is 31.0. The van der Waals surface area contributed by atoms with E-state index < -0.39 is 46.6 Å². The molecule has 2 aromatic rings. The second-order valence-electron chi connectivity index (χ2n) is 11.1. The van der Waals surface area contributed by atoms with Crippen LogP contribution in [0.1, 0.15) is 78.9 Å². The molecule has 224 valence electrons. The third-order valence-corrected chi connectivity index (χ3v) is 8.58. The van der Waals surface area contributed by atoms with E-state index in [-0.39, 0.29) is 18.9 Å². The molecule has 8 nitrogen and oxygen atoms in total. The molecule has 0 radical (unpaired) electrons. The number of carboxylic acid groups (broad SMARTS) is 1. The number of nitrogens with zero attached hydrogens (tertiary/aromatic N) is 4. The number of hydrogen-bond acceptors (Lipinski definition) is 5. The Hall–Kier alpha value is -3.94. The molecular formula is C31H35F3N4O4. The van der Waals surface area contributed by atoms with Crippen LogP contribution >= 0.6 is 0 Å². The van der Waals surface area contributed by atoms with Gasteiger partial charge in [-0.05, 0) is 55.7 Å². The van der Waals surface area contributed by atoms with Crippen molar-refractivity contribution in [3.8, 4) is 6.07 Å². The Morgan fingerprint density at radius 2 is 1.86 bits per heavy atom. The molecule has 0 aliphatic carbocycles. The van der Waals surface area contributed by atoms with Crippen molar-refractivity contribution in [3.63, 3.8) is 0 Å². The third kappa shape index (κ3) is 6.42. The quantitative estimate of drug-likeness (QED) is 0.455. The minimum absolute atomic E-state index is 0.0532. The molecule has 4 rings (SSSR count). The van der Waals surface area contributed by atoms with E-state index in [1.165, 1.54) is 4.90 Å². The summed E-state index contributed by atoms with van der Waals surface area (Å²) in [5.74, 6) is -2.41. The fourth-order valence-electron chi connectivity index (χ4n) is 6.45. The summed E-state index contributed by atoms with van der Waals surface area (Å²) in [6.45, 7) is 2.78. The van der Waals surface area contributed by atoms with E-state index in [4.69, 9.17) is 5.11 Å². The van der Waals surface area contributed by atoms with E-state index in [9.17, 15) is 32.8 Å². The summed E-state index contributed by atoms with van der Waals surface area (Å²) in [6, 6.07) is 10.0. The lowest BCUT2D eigenvalue weighted by Gasteiger charge is -2.45. The van der Waals surface area contributed by atoms with Crippen LogP contribution in [-0.4, -0.2) is 63.4 Å². The fraction of sp³-hybridized carbons (Fsp3) is 0.516. The van der Waals surface area contributed by atoms with E-state index in [1.807, 2.05) is 31.2 Å². The minimum atomic E-state index is -4.72. The lowest BCUT2D eigenvalue weighted by atomic mass is 9.71. The number of likely N-dealkylation sites (tertiary alicyclic amines) is 2. The molecule has 1 aromatic heterocycles. The number of rotatable bonds is 8. The highest BCUT2D eigenvalue weighted by Crippen LogP contribution is 2.39. The van der Waals surface area contributed by atoms with Crippen LogP contribution in [0.15, 0.2) is 42.7 Å². The Labute approximate surface area is 243 Å². The van der Waals surface area contributed by atoms with Gasteiger partial charge in [-0.15, -0.1) is 0 Å². The van der Waals surface area contributed by atoms with Crippen LogP contribution < -0.4 is 0 Å². The van der Waals surface area contributed by atoms with E-state index in [2.05, 4.69) is 11.1 Å². The number of carbonyl (C=O) groups is 3. The number of amides is 2. The van der Waals surface area contributed by atoms with Gasteiger partial charge in [0.05, 0.1) is 28.5 Å². The van der Waals surface area contributed by atoms with Gasteiger partial charge in [0, 0.05) is 44.5 Å². The molecule has 2 amide bonds. The number of pyridine rings is 1. The van der Waals surface area contributed by atoms with Crippen LogP contribution in [0.3, 0.4) is 0 Å². The summed E-state index contributed by atoms with van der Waals surface area (Å²) in [7, 11) is 0. The molecule has 2 fully saturated rings. The summed E-state index contributed by atoms with van der Waals surface area (Å²) in [6.07, 6.45) is 0.341. The van der Waals surface area contributed by atoms with Gasteiger partial charge in [-0.3, -0.25) is 19.4 Å². The topological polar surface area (TPSA) is 115 Å². The number of alkyl halides is 3. The Bertz CT molecular complexity index is 1350. The monoisotopic (exact) mass is 584 g/mol. The van der Waals surface area contributed by atoms with Crippen molar-refractivity contribution in [3.05, 3.63) is 65.0 Å². The van der Waals surface area contributed by atoms with Crippen molar-refractivity contribution in [2.75, 3.05) is 19.6 Å². The molecule has 2 unspecified atom stereocenters. The fourth-order valence-corrected chi connectivity index (χ4v) is 6.45. The maximum Gasteiger partial charge on any atom is 0.417 e. The van der Waals surface area contributed by atoms with Crippen molar-refractivity contribution in [2.24, 2.45) is 5.92 Å². The standard InChI is InChI=1S/C31H35F3N4O4/c1-2-6-26-22(8-5-16-38(26)29(42)23-19-36-15-12-25(23)31(32,33)34)28(41)37-17-13-30(20-35,14-18-37)24-9-4-3-7-21(24)10-11-27(39)40/h3-4,7,9,12,15,19,22,26H,2,5-6,8,10-11,13-14,16-18H2,1H3,(H,39,40). The van der Waals surface area contributed by atoms with Crippen molar-refractivity contribution in [2.45, 2.75) is 75.9 Å². The molecule has 2 aliphatic heterocycles. The summed E-state index contributed by atoms with van der Waals surface area (Å²) in [4.78, 5) is 45.5. The first-order chi connectivity index (χ1) is 20.0. The Balaban J connectivity index is 1.53. The predicted molar refractivity (Wildman–Crippen MR) is 147 cm³/mol. The molecule has 0 spiro atoms. The number of halogens is 3. The average Bonchev–Trinajstić information content (AvgIpc) is 2.99. The number of aliphatic carboxylic acids is 1. The van der Waals surface area contributed by atoms with E-state index in [0.29, 0.717) is 58.0 Å². The average molecular weight is 585 g/mol. The molecule has 1 aromatic carbocycles. The van der Waals surface area contributed by atoms with Crippen molar-refractivity contribution >= 4 is 17.8 Å². The number of aromatic nitrogens is 1. The zero-order valence-corrected chi connectivity index (χ0v) is 23.6. The Morgan fingerprint density at radius 3 is 2.50 bits per heavy atom. The summed E-state index contributed by atoms with van der Waals surface area (Å²) < 4.78 is 41.0. The molecular weight excluding hydrogens is 549 g/mol. The largest absolute Gasteiger partial charge is 0.481 e. The number of benzene rings is 1. The Morgan fingerprint density at radius 1 is 1.14 bits per heavy atom. The molecule has 2 saturated heterocycles. The first-order valence-electron chi connectivity index (χ1n) is 14.3. The first-order valence-corrected chi connectivity index (χ1v) is 14.3. The zero-order chi connectivity index (χ0) is 30.5. The van der Waals surface area contributed by atoms with Gasteiger partial charge >= 0.3 is 12.1 Å². The lowest BCUT2D eigenvalue weighted by Crippen LogP contribution is -2.55.